The van der Waals surface area contributed by atoms with Crippen molar-refractivity contribution in [2.75, 3.05) is 6.61 Å². The summed E-state index contributed by atoms with van der Waals surface area (Å²) in [5.41, 5.74) is 0.414. The molecule has 0 bridgehead atoms. The van der Waals surface area contributed by atoms with E-state index in [9.17, 15) is 0 Å². The third-order valence-electron chi connectivity index (χ3n) is 3.64. The maximum absolute atomic E-state index is 6.06. The predicted molar refractivity (Wildman–Crippen MR) is 66.1 cm³/mol. The Bertz CT molecular complexity index is 169. The van der Waals surface area contributed by atoms with E-state index in [1.165, 1.54) is 38.5 Å². The van der Waals surface area contributed by atoms with Gasteiger partial charge in [0.25, 0.3) is 0 Å². The minimum absolute atomic E-state index is 0.414. The summed E-state index contributed by atoms with van der Waals surface area (Å²) in [6.07, 6.45) is 8.40. The van der Waals surface area contributed by atoms with E-state index < -0.39 is 0 Å². The lowest BCUT2D eigenvalue weighted by molar-refractivity contribution is -0.0483. The molecule has 0 aromatic carbocycles. The van der Waals surface area contributed by atoms with E-state index in [0.29, 0.717) is 11.5 Å². The van der Waals surface area contributed by atoms with Crippen LogP contribution >= 0.6 is 0 Å². The van der Waals surface area contributed by atoms with Gasteiger partial charge in [-0.1, -0.05) is 47.0 Å². The van der Waals surface area contributed by atoms with Crippen molar-refractivity contribution in [3.05, 3.63) is 0 Å². The van der Waals surface area contributed by atoms with Gasteiger partial charge in [0.1, 0.15) is 0 Å². The quantitative estimate of drug-likeness (QED) is 0.627. The van der Waals surface area contributed by atoms with E-state index in [1.807, 2.05) is 0 Å². The molecule has 0 aromatic rings. The third kappa shape index (κ3) is 4.14. The van der Waals surface area contributed by atoms with Crippen molar-refractivity contribution in [1.82, 2.24) is 0 Å². The van der Waals surface area contributed by atoms with Gasteiger partial charge in [0.05, 0.1) is 6.10 Å². The van der Waals surface area contributed by atoms with Crippen LogP contribution in [0.3, 0.4) is 0 Å². The molecule has 0 amide bonds. The Balaban J connectivity index is 2.43. The molecule has 1 aliphatic carbocycles. The summed E-state index contributed by atoms with van der Waals surface area (Å²) in [6, 6.07) is 0. The van der Waals surface area contributed by atoms with Gasteiger partial charge in [-0.2, -0.15) is 0 Å². The molecule has 0 heterocycles. The summed E-state index contributed by atoms with van der Waals surface area (Å²) in [5.74, 6) is 0.767. The van der Waals surface area contributed by atoms with Crippen LogP contribution in [0.5, 0.6) is 0 Å². The first kappa shape index (κ1) is 13.0. The Kier molecular flexibility index (Phi) is 5.11. The highest BCUT2D eigenvalue weighted by atomic mass is 16.5. The normalized spacial score (nSPS) is 28.0. The number of ether oxygens (including phenoxy) is 1. The molecule has 2 atom stereocenters. The summed E-state index contributed by atoms with van der Waals surface area (Å²) in [5, 5.41) is 0. The highest BCUT2D eigenvalue weighted by Gasteiger charge is 2.34. The van der Waals surface area contributed by atoms with Gasteiger partial charge in [0, 0.05) is 6.61 Å². The smallest absolute Gasteiger partial charge is 0.0608 e. The lowest BCUT2D eigenvalue weighted by atomic mass is 9.71. The molecular formula is C14H28O. The fraction of sp³-hybridized carbons (Fsp3) is 1.00. The monoisotopic (exact) mass is 212 g/mol. The van der Waals surface area contributed by atoms with Crippen molar-refractivity contribution >= 4 is 0 Å². The fourth-order valence-corrected chi connectivity index (χ4v) is 2.67. The Labute approximate surface area is 95.6 Å². The summed E-state index contributed by atoms with van der Waals surface area (Å²) in [6.45, 7) is 10.3. The van der Waals surface area contributed by atoms with Crippen LogP contribution in [-0.2, 0) is 4.74 Å². The third-order valence-corrected chi connectivity index (χ3v) is 3.64. The maximum atomic E-state index is 6.06. The minimum Gasteiger partial charge on any atom is -0.378 e. The second-order valence-corrected chi connectivity index (χ2v) is 6.02. The van der Waals surface area contributed by atoms with Crippen molar-refractivity contribution < 1.29 is 4.74 Å². The zero-order chi connectivity index (χ0) is 11.3. The van der Waals surface area contributed by atoms with E-state index in [0.717, 1.165) is 12.5 Å². The van der Waals surface area contributed by atoms with Gasteiger partial charge in [-0.3, -0.25) is 0 Å². The van der Waals surface area contributed by atoms with Gasteiger partial charge in [0.2, 0.25) is 0 Å². The molecule has 1 nitrogen and oxygen atoms in total. The highest BCUT2D eigenvalue weighted by Crippen LogP contribution is 2.39. The molecule has 0 N–H and O–H groups in total. The molecule has 1 saturated carbocycles. The van der Waals surface area contributed by atoms with Crippen molar-refractivity contribution in [2.45, 2.75) is 72.3 Å². The molecule has 90 valence electrons. The molecule has 1 heteroatoms. The molecule has 1 fully saturated rings. The first-order valence-electron chi connectivity index (χ1n) is 6.67. The van der Waals surface area contributed by atoms with Crippen LogP contribution in [0.25, 0.3) is 0 Å². The van der Waals surface area contributed by atoms with Crippen molar-refractivity contribution in [3.8, 4) is 0 Å². The Morgan fingerprint density at radius 1 is 1.13 bits per heavy atom. The number of hydrogen-bond acceptors (Lipinski definition) is 1. The second kappa shape index (κ2) is 5.89. The van der Waals surface area contributed by atoms with Gasteiger partial charge in [-0.15, -0.1) is 0 Å². The topological polar surface area (TPSA) is 9.23 Å². The summed E-state index contributed by atoms with van der Waals surface area (Å²) >= 11 is 0. The molecule has 0 radical (unpaired) electrons. The van der Waals surface area contributed by atoms with Gasteiger partial charge >= 0.3 is 0 Å². The van der Waals surface area contributed by atoms with Gasteiger partial charge in [0.15, 0.2) is 0 Å². The number of hydrogen-bond donors (Lipinski definition) is 0. The maximum Gasteiger partial charge on any atom is 0.0608 e. The fourth-order valence-electron chi connectivity index (χ4n) is 2.67. The molecule has 1 rings (SSSR count). The predicted octanol–water partition coefficient (Wildman–Crippen LogP) is 4.41. The van der Waals surface area contributed by atoms with Crippen LogP contribution < -0.4 is 0 Å². The lowest BCUT2D eigenvalue weighted by Crippen LogP contribution is -2.36. The minimum atomic E-state index is 0.414. The van der Waals surface area contributed by atoms with E-state index in [-0.39, 0.29) is 0 Å². The standard InChI is InChI=1S/C14H28O/c1-5-6-11-15-13-10-8-7-9-12(13)14(2,3)4/h12-13H,5-11H2,1-4H3. The summed E-state index contributed by atoms with van der Waals surface area (Å²) in [7, 11) is 0. The van der Waals surface area contributed by atoms with E-state index in [2.05, 4.69) is 27.7 Å². The SMILES string of the molecule is CCCCOC1CCCCC1C(C)(C)C. The van der Waals surface area contributed by atoms with Crippen LogP contribution in [0, 0.1) is 11.3 Å². The molecule has 0 aliphatic heterocycles. The molecular weight excluding hydrogens is 184 g/mol. The van der Waals surface area contributed by atoms with Crippen LogP contribution in [0.15, 0.2) is 0 Å². The zero-order valence-electron chi connectivity index (χ0n) is 11.0. The lowest BCUT2D eigenvalue weighted by Gasteiger charge is -2.40. The highest BCUT2D eigenvalue weighted by molar-refractivity contribution is 4.84. The van der Waals surface area contributed by atoms with E-state index in [1.54, 1.807) is 0 Å². The van der Waals surface area contributed by atoms with Crippen LogP contribution in [0.2, 0.25) is 0 Å². The number of unbranched alkanes of at least 4 members (excludes halogenated alkanes) is 1. The first-order chi connectivity index (χ1) is 7.05. The van der Waals surface area contributed by atoms with E-state index in [4.69, 9.17) is 4.74 Å². The Morgan fingerprint density at radius 2 is 1.80 bits per heavy atom. The molecule has 0 spiro atoms. The molecule has 1 aliphatic rings. The van der Waals surface area contributed by atoms with E-state index >= 15 is 0 Å². The van der Waals surface area contributed by atoms with Gasteiger partial charge in [-0.05, 0) is 30.6 Å². The van der Waals surface area contributed by atoms with Gasteiger partial charge in [-0.25, -0.2) is 0 Å². The second-order valence-electron chi connectivity index (χ2n) is 6.02. The number of rotatable bonds is 4. The van der Waals surface area contributed by atoms with Crippen LogP contribution in [-0.4, -0.2) is 12.7 Å². The average Bonchev–Trinajstić information content (AvgIpc) is 2.17. The summed E-state index contributed by atoms with van der Waals surface area (Å²) in [4.78, 5) is 0. The summed E-state index contributed by atoms with van der Waals surface area (Å²) < 4.78 is 6.06. The van der Waals surface area contributed by atoms with Crippen molar-refractivity contribution in [3.63, 3.8) is 0 Å². The average molecular weight is 212 g/mol. The molecule has 0 saturated heterocycles. The molecule has 0 aromatic heterocycles. The van der Waals surface area contributed by atoms with Crippen LogP contribution in [0.1, 0.15) is 66.2 Å². The van der Waals surface area contributed by atoms with Crippen LogP contribution in [0.4, 0.5) is 0 Å². The van der Waals surface area contributed by atoms with Gasteiger partial charge < -0.3 is 4.74 Å². The zero-order valence-corrected chi connectivity index (χ0v) is 11.0. The van der Waals surface area contributed by atoms with Crippen molar-refractivity contribution in [1.29, 1.82) is 0 Å². The molecule has 15 heavy (non-hydrogen) atoms. The molecule has 2 unspecified atom stereocenters. The van der Waals surface area contributed by atoms with Crippen molar-refractivity contribution in [2.24, 2.45) is 11.3 Å². The first-order valence-corrected chi connectivity index (χ1v) is 6.67. The Morgan fingerprint density at radius 3 is 2.40 bits per heavy atom. The largest absolute Gasteiger partial charge is 0.378 e. The Hall–Kier alpha value is -0.0400.